The predicted molar refractivity (Wildman–Crippen MR) is 76.3 cm³/mol. The van der Waals surface area contributed by atoms with Gasteiger partial charge in [-0.05, 0) is 25.8 Å². The first-order valence-electron chi connectivity index (χ1n) is 6.56. The Labute approximate surface area is 116 Å². The minimum atomic E-state index is -0.625. The van der Waals surface area contributed by atoms with Crippen LogP contribution in [0, 0.1) is 0 Å². The van der Waals surface area contributed by atoms with E-state index in [0.717, 1.165) is 15.2 Å². The molecule has 2 aromatic heterocycles. The number of rotatable bonds is 5. The molecule has 0 bridgehead atoms. The zero-order valence-corrected chi connectivity index (χ0v) is 12.3. The number of nitrogens with zero attached hydrogens (tertiary/aromatic N) is 2. The van der Waals surface area contributed by atoms with Gasteiger partial charge in [0.1, 0.15) is 10.4 Å². The molecule has 0 aromatic carbocycles. The summed E-state index contributed by atoms with van der Waals surface area (Å²) in [5.74, 6) is -0.174. The van der Waals surface area contributed by atoms with E-state index in [-0.39, 0.29) is 5.97 Å². The molecule has 0 atom stereocenters. The van der Waals surface area contributed by atoms with Crippen LogP contribution in [0.2, 0.25) is 0 Å². The van der Waals surface area contributed by atoms with Crippen molar-refractivity contribution in [2.75, 3.05) is 6.61 Å². The molecule has 0 saturated carbocycles. The molecule has 0 aliphatic rings. The van der Waals surface area contributed by atoms with E-state index >= 15 is 0 Å². The van der Waals surface area contributed by atoms with E-state index in [1.807, 2.05) is 26.8 Å². The van der Waals surface area contributed by atoms with E-state index in [0.29, 0.717) is 19.4 Å². The van der Waals surface area contributed by atoms with E-state index in [9.17, 15) is 4.79 Å². The highest BCUT2D eigenvalue weighted by Crippen LogP contribution is 2.37. The fourth-order valence-corrected chi connectivity index (χ4v) is 3.43. The lowest BCUT2D eigenvalue weighted by atomic mass is 9.83. The minimum Gasteiger partial charge on any atom is -0.465 e. The maximum absolute atomic E-state index is 12.3. The summed E-state index contributed by atoms with van der Waals surface area (Å²) < 4.78 is 6.31. The molecule has 102 valence electrons. The molecule has 0 aliphatic heterocycles. The SMILES string of the molecule is CCOC(=O)C(CC)(CC)c1nc2cnccc2s1. The summed E-state index contributed by atoms with van der Waals surface area (Å²) in [5, 5.41) is 0.832. The van der Waals surface area contributed by atoms with E-state index in [4.69, 9.17) is 4.74 Å². The number of aromatic nitrogens is 2. The molecule has 2 rings (SSSR count). The summed E-state index contributed by atoms with van der Waals surface area (Å²) in [5.41, 5.74) is 0.220. The molecule has 0 fully saturated rings. The number of carbonyl (C=O) groups is 1. The Morgan fingerprint density at radius 3 is 2.68 bits per heavy atom. The number of hydrogen-bond donors (Lipinski definition) is 0. The first-order chi connectivity index (χ1) is 9.17. The van der Waals surface area contributed by atoms with Gasteiger partial charge in [-0.2, -0.15) is 0 Å². The van der Waals surface area contributed by atoms with Crippen molar-refractivity contribution < 1.29 is 9.53 Å². The number of esters is 1. The van der Waals surface area contributed by atoms with Crippen molar-refractivity contribution >= 4 is 27.5 Å². The highest BCUT2D eigenvalue weighted by atomic mass is 32.1. The number of pyridine rings is 1. The van der Waals surface area contributed by atoms with Gasteiger partial charge in [-0.25, -0.2) is 4.98 Å². The van der Waals surface area contributed by atoms with E-state index in [1.165, 1.54) is 0 Å². The van der Waals surface area contributed by atoms with Crippen LogP contribution in [0.4, 0.5) is 0 Å². The molecular weight excluding hydrogens is 260 g/mol. The average Bonchev–Trinajstić information content (AvgIpc) is 2.85. The highest BCUT2D eigenvalue weighted by Gasteiger charge is 2.41. The van der Waals surface area contributed by atoms with Gasteiger partial charge >= 0.3 is 5.97 Å². The van der Waals surface area contributed by atoms with Gasteiger partial charge < -0.3 is 4.74 Å². The molecule has 0 N–H and O–H groups in total. The van der Waals surface area contributed by atoms with Gasteiger partial charge in [0.25, 0.3) is 0 Å². The van der Waals surface area contributed by atoms with Crippen molar-refractivity contribution in [3.05, 3.63) is 23.5 Å². The van der Waals surface area contributed by atoms with Gasteiger partial charge in [-0.1, -0.05) is 13.8 Å². The normalized spacial score (nSPS) is 11.7. The van der Waals surface area contributed by atoms with Crippen LogP contribution in [0.3, 0.4) is 0 Å². The smallest absolute Gasteiger partial charge is 0.319 e. The molecule has 0 aliphatic carbocycles. The number of carbonyl (C=O) groups excluding carboxylic acids is 1. The van der Waals surface area contributed by atoms with E-state index < -0.39 is 5.41 Å². The molecule has 0 radical (unpaired) electrons. The number of thiazole rings is 1. The lowest BCUT2D eigenvalue weighted by Gasteiger charge is -2.26. The summed E-state index contributed by atoms with van der Waals surface area (Å²) in [6, 6.07) is 1.93. The van der Waals surface area contributed by atoms with Crippen LogP contribution in [0.25, 0.3) is 10.2 Å². The van der Waals surface area contributed by atoms with Crippen LogP contribution >= 0.6 is 11.3 Å². The second kappa shape index (κ2) is 5.65. The van der Waals surface area contributed by atoms with Gasteiger partial charge in [0.2, 0.25) is 0 Å². The van der Waals surface area contributed by atoms with Crippen molar-refractivity contribution in [1.82, 2.24) is 9.97 Å². The summed E-state index contributed by atoms with van der Waals surface area (Å²) in [4.78, 5) is 21.0. The number of ether oxygens (including phenoxy) is 1. The lowest BCUT2D eigenvalue weighted by Crippen LogP contribution is -2.36. The molecule has 0 unspecified atom stereocenters. The lowest BCUT2D eigenvalue weighted by molar-refractivity contribution is -0.150. The van der Waals surface area contributed by atoms with Crippen LogP contribution in [-0.4, -0.2) is 22.5 Å². The third kappa shape index (κ3) is 2.34. The Hall–Kier alpha value is -1.49. The standard InChI is InChI=1S/C14H18N2O2S/c1-4-14(5-2,13(17)18-6-3)12-16-10-9-15-8-7-11(10)19-12/h7-9H,4-6H2,1-3H3. The van der Waals surface area contributed by atoms with Gasteiger partial charge in [0.05, 0.1) is 23.0 Å². The second-order valence-electron chi connectivity index (χ2n) is 4.37. The summed E-state index contributed by atoms with van der Waals surface area (Å²) in [7, 11) is 0. The van der Waals surface area contributed by atoms with Crippen molar-refractivity contribution in [1.29, 1.82) is 0 Å². The van der Waals surface area contributed by atoms with Crippen LogP contribution in [0.1, 0.15) is 38.6 Å². The topological polar surface area (TPSA) is 52.1 Å². The average molecular weight is 278 g/mol. The third-order valence-corrected chi connectivity index (χ3v) is 4.71. The minimum absolute atomic E-state index is 0.174. The van der Waals surface area contributed by atoms with Crippen LogP contribution in [0.5, 0.6) is 0 Å². The molecule has 2 aromatic rings. The first kappa shape index (κ1) is 13.9. The molecule has 4 nitrogen and oxygen atoms in total. The van der Waals surface area contributed by atoms with E-state index in [2.05, 4.69) is 9.97 Å². The molecule has 0 spiro atoms. The van der Waals surface area contributed by atoms with Crippen LogP contribution in [-0.2, 0) is 14.9 Å². The van der Waals surface area contributed by atoms with E-state index in [1.54, 1.807) is 23.7 Å². The number of hydrogen-bond acceptors (Lipinski definition) is 5. The molecule has 5 heteroatoms. The quantitative estimate of drug-likeness (QED) is 0.787. The van der Waals surface area contributed by atoms with Crippen LogP contribution < -0.4 is 0 Å². The van der Waals surface area contributed by atoms with Crippen molar-refractivity contribution in [3.8, 4) is 0 Å². The van der Waals surface area contributed by atoms with Crippen molar-refractivity contribution in [2.24, 2.45) is 0 Å². The Bertz CT molecular complexity index is 543. The largest absolute Gasteiger partial charge is 0.465 e. The third-order valence-electron chi connectivity index (χ3n) is 3.47. The van der Waals surface area contributed by atoms with Gasteiger partial charge in [-0.15, -0.1) is 11.3 Å². The summed E-state index contributed by atoms with van der Waals surface area (Å²) in [6.07, 6.45) is 4.86. The highest BCUT2D eigenvalue weighted by molar-refractivity contribution is 7.18. The van der Waals surface area contributed by atoms with Crippen LogP contribution in [0.15, 0.2) is 18.5 Å². The maximum Gasteiger partial charge on any atom is 0.319 e. The molecular formula is C14H18N2O2S. The summed E-state index contributed by atoms with van der Waals surface area (Å²) in [6.45, 7) is 6.23. The maximum atomic E-state index is 12.3. The molecule has 2 heterocycles. The Balaban J connectivity index is 2.51. The zero-order chi connectivity index (χ0) is 13.9. The molecule has 0 saturated heterocycles. The fraction of sp³-hybridized carbons (Fsp3) is 0.500. The first-order valence-corrected chi connectivity index (χ1v) is 7.37. The monoisotopic (exact) mass is 278 g/mol. The van der Waals surface area contributed by atoms with Gasteiger partial charge in [0, 0.05) is 6.20 Å². The fourth-order valence-electron chi connectivity index (χ4n) is 2.18. The Morgan fingerprint density at radius 2 is 2.11 bits per heavy atom. The second-order valence-corrected chi connectivity index (χ2v) is 5.40. The zero-order valence-electron chi connectivity index (χ0n) is 11.5. The van der Waals surface area contributed by atoms with Gasteiger partial charge in [0.15, 0.2) is 0 Å². The van der Waals surface area contributed by atoms with Crippen molar-refractivity contribution in [2.45, 2.75) is 39.0 Å². The van der Waals surface area contributed by atoms with Crippen molar-refractivity contribution in [3.63, 3.8) is 0 Å². The Morgan fingerprint density at radius 1 is 1.37 bits per heavy atom. The molecule has 19 heavy (non-hydrogen) atoms. The Kier molecular flexibility index (Phi) is 4.14. The molecule has 0 amide bonds. The summed E-state index contributed by atoms with van der Waals surface area (Å²) >= 11 is 1.56. The number of fused-ring (bicyclic) bond motifs is 1. The predicted octanol–water partition coefficient (Wildman–Crippen LogP) is 3.31. The van der Waals surface area contributed by atoms with Gasteiger partial charge in [-0.3, -0.25) is 9.78 Å².